The second-order valence-corrected chi connectivity index (χ2v) is 4.69. The summed E-state index contributed by atoms with van der Waals surface area (Å²) in [6.45, 7) is 5.86. The van der Waals surface area contributed by atoms with Gasteiger partial charge in [0, 0.05) is 12.1 Å². The van der Waals surface area contributed by atoms with Gasteiger partial charge in [-0.25, -0.2) is 4.39 Å². The summed E-state index contributed by atoms with van der Waals surface area (Å²) in [5.41, 5.74) is 5.78. The predicted molar refractivity (Wildman–Crippen MR) is 73.8 cm³/mol. The number of nitro benzene ring substituents is 1. The van der Waals surface area contributed by atoms with Crippen LogP contribution in [0.2, 0.25) is 0 Å². The molecule has 1 aromatic rings. The Balaban J connectivity index is 3.26. The maximum absolute atomic E-state index is 13.4. The number of nitro groups is 1. The summed E-state index contributed by atoms with van der Waals surface area (Å²) in [6.07, 6.45) is 1.46. The first-order chi connectivity index (χ1) is 8.89. The van der Waals surface area contributed by atoms with Crippen molar-refractivity contribution < 1.29 is 9.31 Å². The average Bonchev–Trinajstić information content (AvgIpc) is 2.39. The Morgan fingerprint density at radius 1 is 1.42 bits per heavy atom. The van der Waals surface area contributed by atoms with E-state index < -0.39 is 16.3 Å². The van der Waals surface area contributed by atoms with Gasteiger partial charge in [0.25, 0.3) is 5.69 Å². The number of hydrogen-bond acceptors (Lipinski definition) is 4. The van der Waals surface area contributed by atoms with E-state index in [1.807, 2.05) is 13.8 Å². The monoisotopic (exact) mass is 269 g/mol. The zero-order chi connectivity index (χ0) is 14.6. The lowest BCUT2D eigenvalue weighted by Gasteiger charge is -2.32. The van der Waals surface area contributed by atoms with E-state index in [0.717, 1.165) is 18.9 Å². The Bertz CT molecular complexity index is 465. The van der Waals surface area contributed by atoms with Crippen molar-refractivity contribution in [1.29, 1.82) is 0 Å². The summed E-state index contributed by atoms with van der Waals surface area (Å²) >= 11 is 0. The van der Waals surface area contributed by atoms with Gasteiger partial charge >= 0.3 is 0 Å². The molecule has 0 aromatic heterocycles. The summed E-state index contributed by atoms with van der Waals surface area (Å²) in [6, 6.07) is 2.41. The molecule has 0 atom stereocenters. The molecule has 6 heteroatoms. The van der Waals surface area contributed by atoms with Crippen LogP contribution in [0.25, 0.3) is 0 Å². The number of rotatable bonds is 6. The molecule has 1 rings (SSSR count). The number of hydrogen-bond donors (Lipinski definition) is 2. The molecule has 0 unspecified atom stereocenters. The standard InChI is InChI=1S/C13H20FN3O2/c1-4-13(5-2,8-15)16-11-6-9(3)10(14)7-12(11)17(18)19/h6-7,16H,4-5,8,15H2,1-3H3. The van der Waals surface area contributed by atoms with Crippen LogP contribution in [0.5, 0.6) is 0 Å². The Kier molecular flexibility index (Phi) is 4.83. The van der Waals surface area contributed by atoms with E-state index in [-0.39, 0.29) is 5.69 Å². The van der Waals surface area contributed by atoms with Gasteiger partial charge in [0.1, 0.15) is 11.5 Å². The quantitative estimate of drug-likeness (QED) is 0.614. The number of aryl methyl sites for hydroxylation is 1. The van der Waals surface area contributed by atoms with E-state index in [0.29, 0.717) is 17.8 Å². The Morgan fingerprint density at radius 2 is 2.00 bits per heavy atom. The first-order valence-corrected chi connectivity index (χ1v) is 6.32. The largest absolute Gasteiger partial charge is 0.373 e. The van der Waals surface area contributed by atoms with Crippen molar-refractivity contribution >= 4 is 11.4 Å². The molecule has 1 aromatic carbocycles. The van der Waals surface area contributed by atoms with Crippen molar-refractivity contribution in [2.45, 2.75) is 39.2 Å². The zero-order valence-electron chi connectivity index (χ0n) is 11.5. The highest BCUT2D eigenvalue weighted by Gasteiger charge is 2.28. The molecule has 0 radical (unpaired) electrons. The van der Waals surface area contributed by atoms with Crippen molar-refractivity contribution in [2.75, 3.05) is 11.9 Å². The lowest BCUT2D eigenvalue weighted by Crippen LogP contribution is -2.44. The Hall–Kier alpha value is -1.69. The van der Waals surface area contributed by atoms with Crippen LogP contribution in [0, 0.1) is 22.9 Å². The van der Waals surface area contributed by atoms with Crippen LogP contribution in [-0.2, 0) is 0 Å². The van der Waals surface area contributed by atoms with E-state index in [1.54, 1.807) is 6.92 Å². The minimum absolute atomic E-state index is 0.261. The number of nitrogens with one attached hydrogen (secondary N) is 1. The Morgan fingerprint density at radius 3 is 2.42 bits per heavy atom. The lowest BCUT2D eigenvalue weighted by molar-refractivity contribution is -0.384. The van der Waals surface area contributed by atoms with Crippen molar-refractivity contribution in [1.82, 2.24) is 0 Å². The van der Waals surface area contributed by atoms with E-state index in [9.17, 15) is 14.5 Å². The van der Waals surface area contributed by atoms with E-state index in [2.05, 4.69) is 5.32 Å². The SMILES string of the molecule is CCC(CC)(CN)Nc1cc(C)c(F)cc1[N+](=O)[O-]. The van der Waals surface area contributed by atoms with Crippen LogP contribution < -0.4 is 11.1 Å². The molecule has 0 aliphatic rings. The van der Waals surface area contributed by atoms with Crippen molar-refractivity contribution in [3.8, 4) is 0 Å². The fourth-order valence-electron chi connectivity index (χ4n) is 1.97. The molecule has 19 heavy (non-hydrogen) atoms. The molecule has 0 fully saturated rings. The molecule has 0 bridgehead atoms. The fraction of sp³-hybridized carbons (Fsp3) is 0.538. The Labute approximate surface area is 112 Å². The molecule has 106 valence electrons. The van der Waals surface area contributed by atoms with Gasteiger partial charge in [0.15, 0.2) is 0 Å². The first-order valence-electron chi connectivity index (χ1n) is 6.32. The highest BCUT2D eigenvalue weighted by Crippen LogP contribution is 2.31. The third-order valence-electron chi connectivity index (χ3n) is 3.62. The van der Waals surface area contributed by atoms with Crippen LogP contribution in [0.3, 0.4) is 0 Å². The van der Waals surface area contributed by atoms with Crippen LogP contribution in [-0.4, -0.2) is 17.0 Å². The molecule has 3 N–H and O–H groups in total. The van der Waals surface area contributed by atoms with Gasteiger partial charge in [0.2, 0.25) is 0 Å². The molecule has 5 nitrogen and oxygen atoms in total. The third-order valence-corrected chi connectivity index (χ3v) is 3.62. The molecular weight excluding hydrogens is 249 g/mol. The number of nitrogens with two attached hydrogens (primary N) is 1. The third kappa shape index (κ3) is 3.20. The van der Waals surface area contributed by atoms with Crippen LogP contribution in [0.1, 0.15) is 32.3 Å². The maximum atomic E-state index is 13.4. The van der Waals surface area contributed by atoms with E-state index in [1.165, 1.54) is 6.07 Å². The van der Waals surface area contributed by atoms with Gasteiger partial charge in [0.05, 0.1) is 11.0 Å². The van der Waals surface area contributed by atoms with Crippen molar-refractivity contribution in [2.24, 2.45) is 5.73 Å². The highest BCUT2D eigenvalue weighted by atomic mass is 19.1. The van der Waals surface area contributed by atoms with Crippen molar-refractivity contribution in [3.05, 3.63) is 33.6 Å². The average molecular weight is 269 g/mol. The summed E-state index contributed by atoms with van der Waals surface area (Å²) in [5, 5.41) is 14.1. The number of nitrogens with zero attached hydrogens (tertiary/aromatic N) is 1. The molecule has 0 aliphatic carbocycles. The lowest BCUT2D eigenvalue weighted by atomic mass is 9.92. The normalized spacial score (nSPS) is 11.4. The minimum atomic E-state index is -0.586. The van der Waals surface area contributed by atoms with Gasteiger partial charge in [-0.3, -0.25) is 10.1 Å². The first kappa shape index (κ1) is 15.4. The fourth-order valence-corrected chi connectivity index (χ4v) is 1.97. The summed E-state index contributed by atoms with van der Waals surface area (Å²) in [7, 11) is 0. The number of halogens is 1. The van der Waals surface area contributed by atoms with Gasteiger partial charge in [-0.2, -0.15) is 0 Å². The summed E-state index contributed by atoms with van der Waals surface area (Å²) < 4.78 is 13.4. The zero-order valence-corrected chi connectivity index (χ0v) is 11.5. The molecule has 0 saturated heterocycles. The van der Waals surface area contributed by atoms with Crippen molar-refractivity contribution in [3.63, 3.8) is 0 Å². The van der Waals surface area contributed by atoms with Gasteiger partial charge in [-0.05, 0) is 31.4 Å². The second kappa shape index (κ2) is 5.97. The smallest absolute Gasteiger partial charge is 0.295 e. The molecule has 0 amide bonds. The summed E-state index contributed by atoms with van der Waals surface area (Å²) in [5.74, 6) is -0.580. The predicted octanol–water partition coefficient (Wildman–Crippen LogP) is 2.97. The number of benzene rings is 1. The van der Waals surface area contributed by atoms with E-state index >= 15 is 0 Å². The second-order valence-electron chi connectivity index (χ2n) is 4.69. The van der Waals surface area contributed by atoms with Gasteiger partial charge in [-0.15, -0.1) is 0 Å². The minimum Gasteiger partial charge on any atom is -0.373 e. The van der Waals surface area contributed by atoms with E-state index in [4.69, 9.17) is 5.73 Å². The molecule has 0 aliphatic heterocycles. The van der Waals surface area contributed by atoms with Crippen LogP contribution >= 0.6 is 0 Å². The molecule has 0 heterocycles. The van der Waals surface area contributed by atoms with Gasteiger partial charge in [-0.1, -0.05) is 13.8 Å². The highest BCUT2D eigenvalue weighted by molar-refractivity contribution is 5.64. The van der Waals surface area contributed by atoms with Crippen LogP contribution in [0.15, 0.2) is 12.1 Å². The maximum Gasteiger partial charge on any atom is 0.295 e. The van der Waals surface area contributed by atoms with Gasteiger partial charge < -0.3 is 11.1 Å². The molecular formula is C13H20FN3O2. The van der Waals surface area contributed by atoms with Crippen LogP contribution in [0.4, 0.5) is 15.8 Å². The topological polar surface area (TPSA) is 81.2 Å². The molecule has 0 saturated carbocycles. The summed E-state index contributed by atoms with van der Waals surface area (Å²) in [4.78, 5) is 10.4. The number of anilines is 1. The molecule has 0 spiro atoms.